The quantitative estimate of drug-likeness (QED) is 0.845. The molecule has 1 aromatic carbocycles. The molecule has 0 bridgehead atoms. The highest BCUT2D eigenvalue weighted by molar-refractivity contribution is 5.77. The molecule has 0 aliphatic rings. The molecular weight excluding hydrogens is 237 g/mol. The third-order valence-electron chi connectivity index (χ3n) is 2.68. The maximum Gasteiger partial charge on any atom is 0.323 e. The predicted molar refractivity (Wildman–Crippen MR) is 66.1 cm³/mol. The summed E-state index contributed by atoms with van der Waals surface area (Å²) < 4.78 is 18.6. The van der Waals surface area contributed by atoms with Gasteiger partial charge in [-0.1, -0.05) is 6.07 Å². The van der Waals surface area contributed by atoms with Gasteiger partial charge in [0, 0.05) is 12.5 Å². The van der Waals surface area contributed by atoms with Crippen molar-refractivity contribution in [3.63, 3.8) is 0 Å². The SMILES string of the molecule is Cc1ccc(F)cc1OC(C)CC(C)(N)C(=O)O. The van der Waals surface area contributed by atoms with Crippen molar-refractivity contribution in [2.45, 2.75) is 38.8 Å². The highest BCUT2D eigenvalue weighted by Crippen LogP contribution is 2.22. The van der Waals surface area contributed by atoms with Crippen LogP contribution in [-0.4, -0.2) is 22.7 Å². The summed E-state index contributed by atoms with van der Waals surface area (Å²) in [5.74, 6) is -1.07. The van der Waals surface area contributed by atoms with Crippen LogP contribution in [0.1, 0.15) is 25.8 Å². The molecule has 0 saturated heterocycles. The number of ether oxygens (including phenoxy) is 1. The van der Waals surface area contributed by atoms with Crippen molar-refractivity contribution in [3.8, 4) is 5.75 Å². The van der Waals surface area contributed by atoms with Crippen LogP contribution in [0.5, 0.6) is 5.75 Å². The Hall–Kier alpha value is -1.62. The van der Waals surface area contributed by atoms with E-state index in [0.29, 0.717) is 5.75 Å². The van der Waals surface area contributed by atoms with Crippen molar-refractivity contribution >= 4 is 5.97 Å². The second-order valence-corrected chi connectivity index (χ2v) is 4.77. The van der Waals surface area contributed by atoms with Gasteiger partial charge in [-0.05, 0) is 32.4 Å². The van der Waals surface area contributed by atoms with Crippen molar-refractivity contribution in [2.75, 3.05) is 0 Å². The van der Waals surface area contributed by atoms with E-state index in [1.807, 2.05) is 0 Å². The number of carboxylic acid groups (broad SMARTS) is 1. The number of benzene rings is 1. The molecule has 0 aliphatic heterocycles. The van der Waals surface area contributed by atoms with E-state index in [9.17, 15) is 9.18 Å². The average Bonchev–Trinajstić information content (AvgIpc) is 2.22. The fourth-order valence-electron chi connectivity index (χ4n) is 1.64. The first-order valence-electron chi connectivity index (χ1n) is 5.67. The van der Waals surface area contributed by atoms with E-state index in [2.05, 4.69) is 0 Å². The Morgan fingerprint density at radius 1 is 1.61 bits per heavy atom. The molecule has 0 radical (unpaired) electrons. The lowest BCUT2D eigenvalue weighted by molar-refractivity contribution is -0.143. The Morgan fingerprint density at radius 2 is 2.22 bits per heavy atom. The first-order chi connectivity index (χ1) is 8.22. The number of aliphatic carboxylic acids is 1. The number of rotatable bonds is 5. The summed E-state index contributed by atoms with van der Waals surface area (Å²) in [5.41, 5.74) is 5.06. The van der Waals surface area contributed by atoms with Crippen LogP contribution in [-0.2, 0) is 4.79 Å². The van der Waals surface area contributed by atoms with E-state index < -0.39 is 23.4 Å². The normalized spacial score (nSPS) is 15.8. The molecule has 0 spiro atoms. The monoisotopic (exact) mass is 255 g/mol. The fraction of sp³-hybridized carbons (Fsp3) is 0.462. The van der Waals surface area contributed by atoms with Gasteiger partial charge >= 0.3 is 5.97 Å². The molecule has 0 amide bonds. The maximum atomic E-state index is 13.1. The van der Waals surface area contributed by atoms with Crippen LogP contribution in [0.15, 0.2) is 18.2 Å². The average molecular weight is 255 g/mol. The van der Waals surface area contributed by atoms with Crippen LogP contribution in [0.2, 0.25) is 0 Å². The molecule has 0 aliphatic carbocycles. The lowest BCUT2D eigenvalue weighted by Crippen LogP contribution is -2.47. The minimum Gasteiger partial charge on any atom is -0.490 e. The molecule has 0 heterocycles. The molecule has 100 valence electrons. The number of aryl methyl sites for hydroxylation is 1. The smallest absolute Gasteiger partial charge is 0.323 e. The number of carboxylic acids is 1. The summed E-state index contributed by atoms with van der Waals surface area (Å²) in [6.45, 7) is 4.92. The third-order valence-corrected chi connectivity index (χ3v) is 2.68. The van der Waals surface area contributed by atoms with Gasteiger partial charge < -0.3 is 15.6 Å². The number of nitrogens with two attached hydrogens (primary N) is 1. The van der Waals surface area contributed by atoms with Crippen molar-refractivity contribution in [1.82, 2.24) is 0 Å². The number of hydrogen-bond donors (Lipinski definition) is 2. The molecule has 3 N–H and O–H groups in total. The molecule has 4 nitrogen and oxygen atoms in total. The summed E-state index contributed by atoms with van der Waals surface area (Å²) in [5, 5.41) is 8.91. The summed E-state index contributed by atoms with van der Waals surface area (Å²) in [4.78, 5) is 10.9. The standard InChI is InChI=1S/C13H18FNO3/c1-8-4-5-10(14)6-11(8)18-9(2)7-13(3,15)12(16)17/h4-6,9H,7,15H2,1-3H3,(H,16,17). The van der Waals surface area contributed by atoms with Crippen LogP contribution in [0.25, 0.3) is 0 Å². The molecule has 1 rings (SSSR count). The van der Waals surface area contributed by atoms with Gasteiger partial charge in [0.15, 0.2) is 0 Å². The zero-order valence-electron chi connectivity index (χ0n) is 10.7. The minimum atomic E-state index is -1.36. The van der Waals surface area contributed by atoms with Crippen molar-refractivity contribution < 1.29 is 19.0 Å². The highest BCUT2D eigenvalue weighted by atomic mass is 19.1. The summed E-state index contributed by atoms with van der Waals surface area (Å²) in [7, 11) is 0. The topological polar surface area (TPSA) is 72.5 Å². The van der Waals surface area contributed by atoms with Gasteiger partial charge in [-0.3, -0.25) is 4.79 Å². The Bertz CT molecular complexity index is 446. The first kappa shape index (κ1) is 14.4. The molecule has 1 aromatic rings. The molecule has 2 atom stereocenters. The van der Waals surface area contributed by atoms with E-state index >= 15 is 0 Å². The van der Waals surface area contributed by atoms with Crippen molar-refractivity contribution in [3.05, 3.63) is 29.6 Å². The summed E-state index contributed by atoms with van der Waals surface area (Å²) in [6.07, 6.45) is -0.283. The van der Waals surface area contributed by atoms with E-state index in [1.165, 1.54) is 19.1 Å². The van der Waals surface area contributed by atoms with Gasteiger partial charge in [-0.15, -0.1) is 0 Å². The lowest BCUT2D eigenvalue weighted by atomic mass is 9.96. The van der Waals surface area contributed by atoms with Gasteiger partial charge in [0.05, 0.1) is 6.10 Å². The van der Waals surface area contributed by atoms with Gasteiger partial charge in [-0.25, -0.2) is 4.39 Å². The molecule has 0 aromatic heterocycles. The molecular formula is C13H18FNO3. The minimum absolute atomic E-state index is 0.137. The lowest BCUT2D eigenvalue weighted by Gasteiger charge is -2.24. The Kier molecular flexibility index (Phi) is 4.29. The third kappa shape index (κ3) is 3.70. The maximum absolute atomic E-state index is 13.1. The second-order valence-electron chi connectivity index (χ2n) is 4.77. The predicted octanol–water partition coefficient (Wildman–Crippen LogP) is 2.09. The molecule has 0 saturated carbocycles. The van der Waals surface area contributed by atoms with Gasteiger partial charge in [0.1, 0.15) is 17.1 Å². The molecule has 2 unspecified atom stereocenters. The molecule has 5 heteroatoms. The van der Waals surface area contributed by atoms with Crippen LogP contribution in [0.4, 0.5) is 4.39 Å². The van der Waals surface area contributed by atoms with E-state index in [-0.39, 0.29) is 6.42 Å². The number of hydrogen-bond acceptors (Lipinski definition) is 3. The number of halogens is 1. The zero-order chi connectivity index (χ0) is 13.9. The van der Waals surface area contributed by atoms with Gasteiger partial charge in [0.2, 0.25) is 0 Å². The Morgan fingerprint density at radius 3 is 2.78 bits per heavy atom. The zero-order valence-corrected chi connectivity index (χ0v) is 10.7. The van der Waals surface area contributed by atoms with Crippen LogP contribution in [0, 0.1) is 12.7 Å². The number of carbonyl (C=O) groups is 1. The van der Waals surface area contributed by atoms with E-state index in [1.54, 1.807) is 19.9 Å². The Labute approximate surface area is 106 Å². The van der Waals surface area contributed by atoms with E-state index in [4.69, 9.17) is 15.6 Å². The van der Waals surface area contributed by atoms with E-state index in [0.717, 1.165) is 5.56 Å². The fourth-order valence-corrected chi connectivity index (χ4v) is 1.64. The van der Waals surface area contributed by atoms with Gasteiger partial charge in [-0.2, -0.15) is 0 Å². The molecule has 0 fully saturated rings. The van der Waals surface area contributed by atoms with Crippen LogP contribution in [0.3, 0.4) is 0 Å². The second kappa shape index (κ2) is 5.35. The van der Waals surface area contributed by atoms with Crippen molar-refractivity contribution in [1.29, 1.82) is 0 Å². The van der Waals surface area contributed by atoms with Gasteiger partial charge in [0.25, 0.3) is 0 Å². The summed E-state index contributed by atoms with van der Waals surface area (Å²) >= 11 is 0. The highest BCUT2D eigenvalue weighted by Gasteiger charge is 2.30. The molecule has 18 heavy (non-hydrogen) atoms. The van der Waals surface area contributed by atoms with Crippen LogP contribution < -0.4 is 10.5 Å². The van der Waals surface area contributed by atoms with Crippen molar-refractivity contribution in [2.24, 2.45) is 5.73 Å². The summed E-state index contributed by atoms with van der Waals surface area (Å²) in [6, 6.07) is 4.23. The Balaban J connectivity index is 2.73. The largest absolute Gasteiger partial charge is 0.490 e. The first-order valence-corrected chi connectivity index (χ1v) is 5.67. The van der Waals surface area contributed by atoms with Crippen LogP contribution >= 0.6 is 0 Å².